The molecule has 0 bridgehead atoms. The van der Waals surface area contributed by atoms with Gasteiger partial charge in [0.15, 0.2) is 0 Å². The lowest BCUT2D eigenvalue weighted by Gasteiger charge is -2.22. The van der Waals surface area contributed by atoms with Gasteiger partial charge in [0.25, 0.3) is 0 Å². The summed E-state index contributed by atoms with van der Waals surface area (Å²) in [6.07, 6.45) is 2.50. The van der Waals surface area contributed by atoms with Crippen molar-refractivity contribution >= 4 is 6.29 Å². The molecule has 3 heteroatoms. The number of aldehydes is 1. The Bertz CT molecular complexity index is 106. The molecule has 0 aliphatic carbocycles. The van der Waals surface area contributed by atoms with E-state index in [4.69, 9.17) is 4.74 Å². The standard InChI is InChI=1S/C8H17NO2/c1-8(5-4-6-10)9(2)7-11-3/h6,8H,4-5,7H2,1-3H3/t8-/m1/s1. The van der Waals surface area contributed by atoms with Crippen LogP contribution in [-0.2, 0) is 9.53 Å². The van der Waals surface area contributed by atoms with Crippen LogP contribution in [0.3, 0.4) is 0 Å². The van der Waals surface area contributed by atoms with Gasteiger partial charge in [0.05, 0.1) is 6.73 Å². The topological polar surface area (TPSA) is 29.5 Å². The summed E-state index contributed by atoms with van der Waals surface area (Å²) < 4.78 is 4.94. The highest BCUT2D eigenvalue weighted by Gasteiger charge is 2.06. The van der Waals surface area contributed by atoms with E-state index >= 15 is 0 Å². The van der Waals surface area contributed by atoms with Crippen molar-refractivity contribution < 1.29 is 9.53 Å². The Morgan fingerprint density at radius 2 is 2.27 bits per heavy atom. The zero-order valence-corrected chi connectivity index (χ0v) is 7.54. The number of nitrogens with zero attached hydrogens (tertiary/aromatic N) is 1. The molecule has 0 spiro atoms. The Morgan fingerprint density at radius 1 is 1.64 bits per heavy atom. The first-order valence-electron chi connectivity index (χ1n) is 3.85. The SMILES string of the molecule is COCN(C)[C@H](C)CCC=O. The summed E-state index contributed by atoms with van der Waals surface area (Å²) in [6, 6.07) is 0.417. The van der Waals surface area contributed by atoms with Crippen LogP contribution in [0.15, 0.2) is 0 Å². The Kier molecular flexibility index (Phi) is 6.07. The van der Waals surface area contributed by atoms with Crippen molar-refractivity contribution in [3.8, 4) is 0 Å². The molecule has 0 saturated heterocycles. The van der Waals surface area contributed by atoms with Gasteiger partial charge in [-0.3, -0.25) is 4.90 Å². The van der Waals surface area contributed by atoms with Gasteiger partial charge in [-0.05, 0) is 20.4 Å². The molecule has 0 aromatic rings. The minimum Gasteiger partial charge on any atom is -0.369 e. The summed E-state index contributed by atoms with van der Waals surface area (Å²) in [7, 11) is 3.65. The fourth-order valence-electron chi connectivity index (χ4n) is 0.861. The van der Waals surface area contributed by atoms with E-state index in [2.05, 4.69) is 11.8 Å². The number of carbonyl (C=O) groups is 1. The first kappa shape index (κ1) is 10.6. The lowest BCUT2D eigenvalue weighted by molar-refractivity contribution is -0.108. The highest BCUT2D eigenvalue weighted by atomic mass is 16.5. The predicted molar refractivity (Wildman–Crippen MR) is 44.4 cm³/mol. The van der Waals surface area contributed by atoms with E-state index in [0.29, 0.717) is 19.2 Å². The van der Waals surface area contributed by atoms with Gasteiger partial charge in [-0.15, -0.1) is 0 Å². The molecule has 0 heterocycles. The maximum Gasteiger partial charge on any atom is 0.120 e. The van der Waals surface area contributed by atoms with E-state index in [1.165, 1.54) is 0 Å². The second-order valence-electron chi connectivity index (χ2n) is 2.77. The Labute approximate surface area is 68.3 Å². The van der Waals surface area contributed by atoms with Crippen molar-refractivity contribution in [1.82, 2.24) is 4.90 Å². The molecule has 3 nitrogen and oxygen atoms in total. The van der Waals surface area contributed by atoms with Gasteiger partial charge in [-0.25, -0.2) is 0 Å². The molecule has 0 aliphatic rings. The third-order valence-corrected chi connectivity index (χ3v) is 1.79. The molecule has 0 aromatic heterocycles. The molecule has 0 amide bonds. The normalized spacial score (nSPS) is 13.5. The lowest BCUT2D eigenvalue weighted by Crippen LogP contribution is -2.30. The summed E-state index contributed by atoms with van der Waals surface area (Å²) >= 11 is 0. The summed E-state index contributed by atoms with van der Waals surface area (Å²) in [6.45, 7) is 2.71. The van der Waals surface area contributed by atoms with Crippen molar-refractivity contribution in [3.63, 3.8) is 0 Å². The van der Waals surface area contributed by atoms with Crippen molar-refractivity contribution in [3.05, 3.63) is 0 Å². The van der Waals surface area contributed by atoms with Gasteiger partial charge in [-0.2, -0.15) is 0 Å². The minimum absolute atomic E-state index is 0.417. The van der Waals surface area contributed by atoms with Crippen LogP contribution in [0.1, 0.15) is 19.8 Å². The van der Waals surface area contributed by atoms with E-state index in [0.717, 1.165) is 12.7 Å². The zero-order chi connectivity index (χ0) is 8.69. The van der Waals surface area contributed by atoms with E-state index in [9.17, 15) is 4.79 Å². The number of methoxy groups -OCH3 is 1. The minimum atomic E-state index is 0.417. The Balaban J connectivity index is 3.45. The molecule has 1 atom stereocenters. The van der Waals surface area contributed by atoms with Gasteiger partial charge >= 0.3 is 0 Å². The monoisotopic (exact) mass is 159 g/mol. The van der Waals surface area contributed by atoms with Gasteiger partial charge in [0, 0.05) is 19.6 Å². The van der Waals surface area contributed by atoms with E-state index < -0.39 is 0 Å². The van der Waals surface area contributed by atoms with Gasteiger partial charge in [-0.1, -0.05) is 0 Å². The molecule has 0 rings (SSSR count). The van der Waals surface area contributed by atoms with Crippen LogP contribution < -0.4 is 0 Å². The average molecular weight is 159 g/mol. The molecule has 0 radical (unpaired) electrons. The van der Waals surface area contributed by atoms with Crippen LogP contribution in [0.2, 0.25) is 0 Å². The second kappa shape index (κ2) is 6.31. The largest absolute Gasteiger partial charge is 0.369 e. The van der Waals surface area contributed by atoms with Crippen molar-refractivity contribution in [2.24, 2.45) is 0 Å². The number of carbonyl (C=O) groups excluding carboxylic acids is 1. The van der Waals surface area contributed by atoms with Crippen LogP contribution in [0.5, 0.6) is 0 Å². The van der Waals surface area contributed by atoms with E-state index in [1.54, 1.807) is 7.11 Å². The fraction of sp³-hybridized carbons (Fsp3) is 0.875. The molecule has 0 saturated carbocycles. The Morgan fingerprint density at radius 3 is 2.73 bits per heavy atom. The fourth-order valence-corrected chi connectivity index (χ4v) is 0.861. The van der Waals surface area contributed by atoms with Gasteiger partial charge in [0.1, 0.15) is 6.29 Å². The Hall–Kier alpha value is -0.410. The molecule has 0 unspecified atom stereocenters. The summed E-state index contributed by atoms with van der Waals surface area (Å²) in [5.74, 6) is 0. The number of ether oxygens (including phenoxy) is 1. The third-order valence-electron chi connectivity index (χ3n) is 1.79. The number of hydrogen-bond acceptors (Lipinski definition) is 3. The summed E-state index contributed by atoms with van der Waals surface area (Å²) in [5, 5.41) is 0. The highest BCUT2D eigenvalue weighted by Crippen LogP contribution is 2.01. The number of hydrogen-bond donors (Lipinski definition) is 0. The predicted octanol–water partition coefficient (Wildman–Crippen LogP) is 0.890. The smallest absolute Gasteiger partial charge is 0.120 e. The summed E-state index contributed by atoms with van der Waals surface area (Å²) in [5.41, 5.74) is 0. The average Bonchev–Trinajstić information content (AvgIpc) is 2.00. The first-order valence-corrected chi connectivity index (χ1v) is 3.85. The van der Waals surface area contributed by atoms with Crippen LogP contribution in [0.25, 0.3) is 0 Å². The van der Waals surface area contributed by atoms with Gasteiger partial charge in [0.2, 0.25) is 0 Å². The molecule has 0 fully saturated rings. The van der Waals surface area contributed by atoms with Crippen LogP contribution >= 0.6 is 0 Å². The van der Waals surface area contributed by atoms with Crippen molar-refractivity contribution in [1.29, 1.82) is 0 Å². The van der Waals surface area contributed by atoms with Crippen LogP contribution in [0.4, 0.5) is 0 Å². The highest BCUT2D eigenvalue weighted by molar-refractivity contribution is 5.49. The molecular formula is C8H17NO2. The lowest BCUT2D eigenvalue weighted by atomic mass is 10.2. The number of rotatable bonds is 6. The molecule has 11 heavy (non-hydrogen) atoms. The van der Waals surface area contributed by atoms with Gasteiger partial charge < -0.3 is 9.53 Å². The second-order valence-corrected chi connectivity index (χ2v) is 2.77. The maximum atomic E-state index is 10.0. The van der Waals surface area contributed by atoms with Crippen LogP contribution in [-0.4, -0.2) is 38.1 Å². The van der Waals surface area contributed by atoms with E-state index in [-0.39, 0.29) is 0 Å². The third kappa shape index (κ3) is 4.93. The zero-order valence-electron chi connectivity index (χ0n) is 7.54. The quantitative estimate of drug-likeness (QED) is 0.426. The molecule has 0 aromatic carbocycles. The summed E-state index contributed by atoms with van der Waals surface area (Å²) in [4.78, 5) is 12.1. The molecular weight excluding hydrogens is 142 g/mol. The first-order chi connectivity index (χ1) is 5.22. The van der Waals surface area contributed by atoms with Crippen molar-refractivity contribution in [2.45, 2.75) is 25.8 Å². The maximum absolute atomic E-state index is 10.0. The van der Waals surface area contributed by atoms with Crippen LogP contribution in [0, 0.1) is 0 Å². The molecule has 66 valence electrons. The van der Waals surface area contributed by atoms with E-state index in [1.807, 2.05) is 7.05 Å². The van der Waals surface area contributed by atoms with Crippen molar-refractivity contribution in [2.75, 3.05) is 20.9 Å². The molecule has 0 aliphatic heterocycles. The molecule has 0 N–H and O–H groups in total.